The molecule has 2 heteroatoms. The van der Waals surface area contributed by atoms with Crippen LogP contribution in [0.25, 0.3) is 0 Å². The SMILES string of the molecule is CC(C)=CCN1CC(C2CC2)NCC1(C)c1ccccc1. The minimum atomic E-state index is 0.0958. The standard InChI is InChI=1S/C19H28N2/c1-15(2)11-12-21-13-18(16-9-10-16)20-14-19(21,3)17-7-5-4-6-8-17/h4-8,11,16,18,20H,9-10,12-14H2,1-3H3. The minimum absolute atomic E-state index is 0.0958. The van der Waals surface area contributed by atoms with Gasteiger partial charge in [-0.25, -0.2) is 0 Å². The van der Waals surface area contributed by atoms with Crippen molar-refractivity contribution in [3.8, 4) is 0 Å². The Morgan fingerprint density at radius 3 is 2.62 bits per heavy atom. The summed E-state index contributed by atoms with van der Waals surface area (Å²) in [5, 5.41) is 3.83. The Bertz CT molecular complexity index is 500. The zero-order valence-corrected chi connectivity index (χ0v) is 13.6. The molecular formula is C19H28N2. The van der Waals surface area contributed by atoms with Crippen molar-refractivity contribution in [2.75, 3.05) is 19.6 Å². The van der Waals surface area contributed by atoms with Gasteiger partial charge in [0.1, 0.15) is 0 Å². The van der Waals surface area contributed by atoms with Crippen molar-refractivity contribution in [3.05, 3.63) is 47.5 Å². The molecule has 1 saturated carbocycles. The molecule has 0 radical (unpaired) electrons. The van der Waals surface area contributed by atoms with E-state index in [1.54, 1.807) is 0 Å². The van der Waals surface area contributed by atoms with Gasteiger partial charge in [-0.05, 0) is 45.1 Å². The van der Waals surface area contributed by atoms with Crippen LogP contribution in [-0.2, 0) is 5.54 Å². The number of hydrogen-bond acceptors (Lipinski definition) is 2. The first-order valence-electron chi connectivity index (χ1n) is 8.27. The van der Waals surface area contributed by atoms with Gasteiger partial charge in [-0.15, -0.1) is 0 Å². The van der Waals surface area contributed by atoms with Crippen molar-refractivity contribution < 1.29 is 0 Å². The molecule has 2 fully saturated rings. The molecule has 0 aromatic heterocycles. The molecule has 2 atom stereocenters. The Morgan fingerprint density at radius 2 is 2.00 bits per heavy atom. The Labute approximate surface area is 129 Å². The van der Waals surface area contributed by atoms with Crippen LogP contribution in [0.2, 0.25) is 0 Å². The second-order valence-electron chi connectivity index (χ2n) is 7.15. The molecule has 3 rings (SSSR count). The van der Waals surface area contributed by atoms with Crippen molar-refractivity contribution in [1.29, 1.82) is 0 Å². The summed E-state index contributed by atoms with van der Waals surface area (Å²) in [6.45, 7) is 10.0. The van der Waals surface area contributed by atoms with Crippen molar-refractivity contribution in [2.45, 2.75) is 45.2 Å². The lowest BCUT2D eigenvalue weighted by atomic mass is 9.86. The summed E-state index contributed by atoms with van der Waals surface area (Å²) in [5.41, 5.74) is 2.93. The maximum absolute atomic E-state index is 3.83. The molecule has 1 N–H and O–H groups in total. The van der Waals surface area contributed by atoms with Crippen LogP contribution in [0.3, 0.4) is 0 Å². The predicted molar refractivity (Wildman–Crippen MR) is 89.3 cm³/mol. The molecule has 1 aromatic rings. The highest BCUT2D eigenvalue weighted by molar-refractivity contribution is 5.26. The average Bonchev–Trinajstić information content (AvgIpc) is 3.32. The Kier molecular flexibility index (Phi) is 4.19. The molecule has 0 bridgehead atoms. The van der Waals surface area contributed by atoms with E-state index in [9.17, 15) is 0 Å². The Hall–Kier alpha value is -1.12. The van der Waals surface area contributed by atoms with E-state index in [2.05, 4.69) is 67.4 Å². The largest absolute Gasteiger partial charge is 0.310 e. The summed E-state index contributed by atoms with van der Waals surface area (Å²) in [4.78, 5) is 2.68. The van der Waals surface area contributed by atoms with E-state index in [1.165, 1.54) is 30.5 Å². The van der Waals surface area contributed by atoms with Gasteiger partial charge in [-0.2, -0.15) is 0 Å². The highest BCUT2D eigenvalue weighted by Gasteiger charge is 2.42. The molecule has 2 aliphatic rings. The summed E-state index contributed by atoms with van der Waals surface area (Å²) in [6, 6.07) is 11.7. The van der Waals surface area contributed by atoms with E-state index in [0.29, 0.717) is 6.04 Å². The van der Waals surface area contributed by atoms with Crippen LogP contribution in [0.5, 0.6) is 0 Å². The van der Waals surface area contributed by atoms with Gasteiger partial charge in [0.2, 0.25) is 0 Å². The molecular weight excluding hydrogens is 256 g/mol. The summed E-state index contributed by atoms with van der Waals surface area (Å²) >= 11 is 0. The average molecular weight is 284 g/mol. The van der Waals surface area contributed by atoms with Gasteiger partial charge < -0.3 is 5.32 Å². The number of hydrogen-bond donors (Lipinski definition) is 1. The lowest BCUT2D eigenvalue weighted by Crippen LogP contribution is -2.62. The fourth-order valence-electron chi connectivity index (χ4n) is 3.41. The topological polar surface area (TPSA) is 15.3 Å². The number of nitrogens with one attached hydrogen (secondary N) is 1. The Morgan fingerprint density at radius 1 is 1.29 bits per heavy atom. The number of nitrogens with zero attached hydrogens (tertiary/aromatic N) is 1. The summed E-state index contributed by atoms with van der Waals surface area (Å²) in [6.07, 6.45) is 5.20. The Balaban J connectivity index is 1.84. The predicted octanol–water partition coefficient (Wildman–Crippen LogP) is 3.55. The molecule has 1 aliphatic heterocycles. The first-order valence-corrected chi connectivity index (χ1v) is 8.27. The third-order valence-electron chi connectivity index (χ3n) is 5.13. The molecule has 1 aromatic carbocycles. The lowest BCUT2D eigenvalue weighted by Gasteiger charge is -2.48. The molecule has 1 aliphatic carbocycles. The van der Waals surface area contributed by atoms with Crippen molar-refractivity contribution in [3.63, 3.8) is 0 Å². The molecule has 114 valence electrons. The van der Waals surface area contributed by atoms with Crippen LogP contribution in [0.1, 0.15) is 39.2 Å². The van der Waals surface area contributed by atoms with E-state index in [0.717, 1.165) is 19.0 Å². The summed E-state index contributed by atoms with van der Waals surface area (Å²) in [5.74, 6) is 0.916. The molecule has 0 spiro atoms. The van der Waals surface area contributed by atoms with Gasteiger partial charge in [0.05, 0.1) is 5.54 Å². The molecule has 0 amide bonds. The van der Waals surface area contributed by atoms with Crippen molar-refractivity contribution >= 4 is 0 Å². The van der Waals surface area contributed by atoms with Gasteiger partial charge in [0.25, 0.3) is 0 Å². The monoisotopic (exact) mass is 284 g/mol. The van der Waals surface area contributed by atoms with E-state index in [-0.39, 0.29) is 5.54 Å². The summed E-state index contributed by atoms with van der Waals surface area (Å²) in [7, 11) is 0. The second-order valence-corrected chi connectivity index (χ2v) is 7.15. The van der Waals surface area contributed by atoms with Crippen LogP contribution in [0, 0.1) is 5.92 Å². The molecule has 1 heterocycles. The first-order chi connectivity index (χ1) is 10.1. The fourth-order valence-corrected chi connectivity index (χ4v) is 3.41. The van der Waals surface area contributed by atoms with E-state index in [1.807, 2.05) is 0 Å². The van der Waals surface area contributed by atoms with Crippen LogP contribution < -0.4 is 5.32 Å². The van der Waals surface area contributed by atoms with Crippen molar-refractivity contribution in [2.24, 2.45) is 5.92 Å². The highest BCUT2D eigenvalue weighted by atomic mass is 15.3. The zero-order valence-electron chi connectivity index (χ0n) is 13.6. The lowest BCUT2D eigenvalue weighted by molar-refractivity contribution is 0.0560. The third kappa shape index (κ3) is 3.22. The molecule has 21 heavy (non-hydrogen) atoms. The van der Waals surface area contributed by atoms with Gasteiger partial charge in [-0.1, -0.05) is 42.0 Å². The van der Waals surface area contributed by atoms with Crippen LogP contribution in [-0.4, -0.2) is 30.6 Å². The normalized spacial score (nSPS) is 30.1. The maximum atomic E-state index is 3.83. The van der Waals surface area contributed by atoms with Crippen LogP contribution >= 0.6 is 0 Å². The van der Waals surface area contributed by atoms with Gasteiger partial charge >= 0.3 is 0 Å². The number of rotatable bonds is 4. The smallest absolute Gasteiger partial charge is 0.0561 e. The number of piperazine rings is 1. The third-order valence-corrected chi connectivity index (χ3v) is 5.13. The number of benzene rings is 1. The van der Waals surface area contributed by atoms with Gasteiger partial charge in [0.15, 0.2) is 0 Å². The summed E-state index contributed by atoms with van der Waals surface area (Å²) < 4.78 is 0. The quantitative estimate of drug-likeness (QED) is 0.851. The molecule has 2 nitrogen and oxygen atoms in total. The second kappa shape index (κ2) is 5.94. The van der Waals surface area contributed by atoms with Crippen LogP contribution in [0.4, 0.5) is 0 Å². The zero-order chi connectivity index (χ0) is 14.9. The van der Waals surface area contributed by atoms with E-state index < -0.39 is 0 Å². The fraction of sp³-hybridized carbons (Fsp3) is 0.579. The number of allylic oxidation sites excluding steroid dienone is 1. The first kappa shape index (κ1) is 14.8. The maximum Gasteiger partial charge on any atom is 0.0561 e. The van der Waals surface area contributed by atoms with Crippen molar-refractivity contribution in [1.82, 2.24) is 10.2 Å². The van der Waals surface area contributed by atoms with E-state index >= 15 is 0 Å². The van der Waals surface area contributed by atoms with Gasteiger partial charge in [0, 0.05) is 25.7 Å². The van der Waals surface area contributed by atoms with E-state index in [4.69, 9.17) is 0 Å². The molecule has 2 unspecified atom stereocenters. The minimum Gasteiger partial charge on any atom is -0.310 e. The molecule has 1 saturated heterocycles. The highest BCUT2D eigenvalue weighted by Crippen LogP contribution is 2.38. The van der Waals surface area contributed by atoms with Gasteiger partial charge in [-0.3, -0.25) is 4.90 Å². The van der Waals surface area contributed by atoms with Crippen LogP contribution in [0.15, 0.2) is 42.0 Å².